The molecule has 2 aliphatic rings. The van der Waals surface area contributed by atoms with Gasteiger partial charge in [-0.3, -0.25) is 4.79 Å². The maximum Gasteiger partial charge on any atom is 0.240 e. The Labute approximate surface area is 135 Å². The van der Waals surface area contributed by atoms with Crippen LogP contribution in [0.15, 0.2) is 24.3 Å². The van der Waals surface area contributed by atoms with Crippen LogP contribution < -0.4 is 4.90 Å². The molecule has 1 saturated heterocycles. The van der Waals surface area contributed by atoms with E-state index in [9.17, 15) is 4.79 Å². The number of amides is 1. The monoisotopic (exact) mass is 320 g/mol. The fourth-order valence-corrected chi connectivity index (χ4v) is 4.44. The van der Waals surface area contributed by atoms with Gasteiger partial charge in [0, 0.05) is 25.3 Å². The molecule has 1 fully saturated rings. The lowest BCUT2D eigenvalue weighted by Gasteiger charge is -2.24. The van der Waals surface area contributed by atoms with Crippen molar-refractivity contribution in [2.75, 3.05) is 24.5 Å². The Balaban J connectivity index is 1.64. The Bertz CT molecular complexity index is 555. The van der Waals surface area contributed by atoms with Crippen molar-refractivity contribution < 1.29 is 4.79 Å². The molecule has 1 aromatic rings. The molecule has 2 heterocycles. The molecular formula is C16H20N2OS2. The van der Waals surface area contributed by atoms with E-state index < -0.39 is 0 Å². The lowest BCUT2D eigenvalue weighted by molar-refractivity contribution is -0.117. The molecule has 0 aliphatic carbocycles. The Kier molecular flexibility index (Phi) is 4.50. The van der Waals surface area contributed by atoms with Crippen molar-refractivity contribution >= 4 is 39.9 Å². The summed E-state index contributed by atoms with van der Waals surface area (Å²) in [4.78, 5) is 16.8. The maximum absolute atomic E-state index is 12.7. The van der Waals surface area contributed by atoms with Crippen LogP contribution in [0, 0.1) is 0 Å². The van der Waals surface area contributed by atoms with Crippen LogP contribution in [0.2, 0.25) is 0 Å². The Morgan fingerprint density at radius 1 is 1.24 bits per heavy atom. The minimum atomic E-state index is -0.121. The standard InChI is InChI=1S/C16H20N2OS2/c1-12(21-16(20)17-9-4-5-10-17)15(19)18-11-8-13-6-2-3-7-14(13)18/h2-3,6-7,12H,4-5,8-11H2,1H3. The third-order valence-corrected chi connectivity index (χ3v) is 5.70. The second-order valence-electron chi connectivity index (χ2n) is 5.59. The molecule has 21 heavy (non-hydrogen) atoms. The molecule has 3 rings (SSSR count). The van der Waals surface area contributed by atoms with Crippen molar-refractivity contribution in [1.29, 1.82) is 0 Å². The molecule has 1 amide bonds. The maximum atomic E-state index is 12.7. The number of hydrogen-bond donors (Lipinski definition) is 0. The largest absolute Gasteiger partial charge is 0.358 e. The second kappa shape index (κ2) is 6.36. The molecule has 1 atom stereocenters. The third kappa shape index (κ3) is 3.09. The fraction of sp³-hybridized carbons (Fsp3) is 0.500. The highest BCUT2D eigenvalue weighted by atomic mass is 32.2. The quantitative estimate of drug-likeness (QED) is 0.781. The van der Waals surface area contributed by atoms with Crippen molar-refractivity contribution in [3.63, 3.8) is 0 Å². The van der Waals surface area contributed by atoms with Gasteiger partial charge in [0.25, 0.3) is 0 Å². The van der Waals surface area contributed by atoms with E-state index in [1.165, 1.54) is 30.2 Å². The molecule has 0 saturated carbocycles. The van der Waals surface area contributed by atoms with Crippen LogP contribution in [-0.2, 0) is 11.2 Å². The molecule has 0 spiro atoms. The van der Waals surface area contributed by atoms with E-state index in [0.29, 0.717) is 0 Å². The van der Waals surface area contributed by atoms with Gasteiger partial charge in [0.2, 0.25) is 5.91 Å². The van der Waals surface area contributed by atoms with E-state index in [4.69, 9.17) is 12.2 Å². The molecule has 0 aromatic heterocycles. The SMILES string of the molecule is CC(SC(=S)N1CCCC1)C(=O)N1CCc2ccccc21. The predicted octanol–water partition coefficient (Wildman–Crippen LogP) is 3.08. The van der Waals surface area contributed by atoms with Gasteiger partial charge in [0.15, 0.2) is 0 Å². The molecule has 2 aliphatic heterocycles. The zero-order chi connectivity index (χ0) is 14.8. The summed E-state index contributed by atoms with van der Waals surface area (Å²) in [6.45, 7) is 4.84. The minimum absolute atomic E-state index is 0.121. The second-order valence-corrected chi connectivity index (χ2v) is 7.56. The molecule has 112 valence electrons. The topological polar surface area (TPSA) is 23.6 Å². The van der Waals surface area contributed by atoms with E-state index in [0.717, 1.165) is 36.1 Å². The van der Waals surface area contributed by atoms with Crippen LogP contribution in [0.1, 0.15) is 25.3 Å². The Hall–Kier alpha value is -1.07. The summed E-state index contributed by atoms with van der Waals surface area (Å²) >= 11 is 7.01. The first-order valence-electron chi connectivity index (χ1n) is 7.51. The van der Waals surface area contributed by atoms with Crippen LogP contribution in [-0.4, -0.2) is 40.0 Å². The van der Waals surface area contributed by atoms with Crippen molar-refractivity contribution in [3.05, 3.63) is 29.8 Å². The number of carbonyl (C=O) groups is 1. The van der Waals surface area contributed by atoms with Gasteiger partial charge in [0.05, 0.1) is 5.25 Å². The van der Waals surface area contributed by atoms with Crippen LogP contribution >= 0.6 is 24.0 Å². The van der Waals surface area contributed by atoms with E-state index >= 15 is 0 Å². The highest BCUT2D eigenvalue weighted by Gasteiger charge is 2.29. The molecule has 3 nitrogen and oxygen atoms in total. The number of nitrogens with zero attached hydrogens (tertiary/aromatic N) is 2. The van der Waals surface area contributed by atoms with E-state index in [1.54, 1.807) is 0 Å². The van der Waals surface area contributed by atoms with Crippen molar-refractivity contribution in [3.8, 4) is 0 Å². The van der Waals surface area contributed by atoms with Crippen molar-refractivity contribution in [2.45, 2.75) is 31.4 Å². The first-order valence-corrected chi connectivity index (χ1v) is 8.80. The number of anilines is 1. The van der Waals surface area contributed by atoms with Crippen LogP contribution in [0.25, 0.3) is 0 Å². The molecule has 1 unspecified atom stereocenters. The molecular weight excluding hydrogens is 300 g/mol. The zero-order valence-electron chi connectivity index (χ0n) is 12.2. The lowest BCUT2D eigenvalue weighted by Crippen LogP contribution is -2.37. The molecule has 5 heteroatoms. The van der Waals surface area contributed by atoms with Crippen LogP contribution in [0.3, 0.4) is 0 Å². The van der Waals surface area contributed by atoms with E-state index in [1.807, 2.05) is 30.0 Å². The summed E-state index contributed by atoms with van der Waals surface area (Å²) in [5.74, 6) is 0.173. The first-order chi connectivity index (χ1) is 10.2. The third-order valence-electron chi connectivity index (χ3n) is 4.14. The number of thioether (sulfide) groups is 1. The summed E-state index contributed by atoms with van der Waals surface area (Å²) in [6, 6.07) is 8.18. The summed E-state index contributed by atoms with van der Waals surface area (Å²) < 4.78 is 0.876. The normalized spacial score (nSPS) is 18.7. The fourth-order valence-electron chi connectivity index (χ4n) is 2.96. The number of para-hydroxylation sites is 1. The van der Waals surface area contributed by atoms with Crippen LogP contribution in [0.5, 0.6) is 0 Å². The molecule has 0 N–H and O–H groups in total. The number of carbonyl (C=O) groups excluding carboxylic acids is 1. The van der Waals surface area contributed by atoms with Crippen molar-refractivity contribution in [2.24, 2.45) is 0 Å². The van der Waals surface area contributed by atoms with Crippen molar-refractivity contribution in [1.82, 2.24) is 4.90 Å². The van der Waals surface area contributed by atoms with Crippen LogP contribution in [0.4, 0.5) is 5.69 Å². The Morgan fingerprint density at radius 3 is 2.71 bits per heavy atom. The van der Waals surface area contributed by atoms with Gasteiger partial charge in [-0.2, -0.15) is 0 Å². The number of benzene rings is 1. The smallest absolute Gasteiger partial charge is 0.240 e. The highest BCUT2D eigenvalue weighted by Crippen LogP contribution is 2.30. The summed E-state index contributed by atoms with van der Waals surface area (Å²) in [5.41, 5.74) is 2.34. The van der Waals surface area contributed by atoms with Gasteiger partial charge in [-0.05, 0) is 37.8 Å². The Morgan fingerprint density at radius 2 is 1.95 bits per heavy atom. The zero-order valence-corrected chi connectivity index (χ0v) is 13.9. The summed E-state index contributed by atoms with van der Waals surface area (Å²) in [6.07, 6.45) is 3.38. The van der Waals surface area contributed by atoms with E-state index in [-0.39, 0.29) is 11.2 Å². The number of likely N-dealkylation sites (tertiary alicyclic amines) is 1. The summed E-state index contributed by atoms with van der Waals surface area (Å²) in [7, 11) is 0. The number of thiocarbonyl (C=S) groups is 1. The van der Waals surface area contributed by atoms with Gasteiger partial charge < -0.3 is 9.80 Å². The predicted molar refractivity (Wildman–Crippen MR) is 93.0 cm³/mol. The first kappa shape index (κ1) is 14.9. The number of hydrogen-bond acceptors (Lipinski definition) is 3. The van der Waals surface area contributed by atoms with Gasteiger partial charge in [-0.1, -0.05) is 42.2 Å². The molecule has 0 radical (unpaired) electrons. The lowest BCUT2D eigenvalue weighted by atomic mass is 10.2. The average Bonchev–Trinajstić information content (AvgIpc) is 3.15. The average molecular weight is 320 g/mol. The van der Waals surface area contributed by atoms with Gasteiger partial charge in [0.1, 0.15) is 4.32 Å². The van der Waals surface area contributed by atoms with Gasteiger partial charge >= 0.3 is 0 Å². The number of rotatable bonds is 2. The molecule has 1 aromatic carbocycles. The minimum Gasteiger partial charge on any atom is -0.358 e. The highest BCUT2D eigenvalue weighted by molar-refractivity contribution is 8.23. The summed E-state index contributed by atoms with van der Waals surface area (Å²) in [5, 5.41) is -0.121. The molecule has 0 bridgehead atoms. The van der Waals surface area contributed by atoms with Gasteiger partial charge in [-0.15, -0.1) is 0 Å². The van der Waals surface area contributed by atoms with Gasteiger partial charge in [-0.25, -0.2) is 0 Å². The number of fused-ring (bicyclic) bond motifs is 1. The van der Waals surface area contributed by atoms with E-state index in [2.05, 4.69) is 11.0 Å².